The van der Waals surface area contributed by atoms with Crippen LogP contribution in [0.2, 0.25) is 0 Å². The van der Waals surface area contributed by atoms with Gasteiger partial charge >= 0.3 is 0 Å². The molecule has 32 heavy (non-hydrogen) atoms. The van der Waals surface area contributed by atoms with E-state index < -0.39 is 0 Å². The molecule has 0 unspecified atom stereocenters. The number of halogens is 1. The zero-order chi connectivity index (χ0) is 22.2. The minimum atomic E-state index is -0.335. The Morgan fingerprint density at radius 3 is 2.88 bits per heavy atom. The highest BCUT2D eigenvalue weighted by atomic mass is 19.1. The molecule has 1 aliphatic rings. The number of ether oxygens (including phenoxy) is 1. The van der Waals surface area contributed by atoms with Gasteiger partial charge in [-0.3, -0.25) is 14.8 Å². The van der Waals surface area contributed by atoms with Gasteiger partial charge in [0, 0.05) is 62.4 Å². The van der Waals surface area contributed by atoms with Crippen LogP contribution < -0.4 is 10.5 Å². The van der Waals surface area contributed by atoms with Crippen LogP contribution in [0.15, 0.2) is 47.5 Å². The second-order valence-corrected chi connectivity index (χ2v) is 7.80. The fourth-order valence-electron chi connectivity index (χ4n) is 4.01. The molecule has 0 atom stereocenters. The summed E-state index contributed by atoms with van der Waals surface area (Å²) < 4.78 is 20.0. The third-order valence-corrected chi connectivity index (χ3v) is 5.52. The highest BCUT2D eigenvalue weighted by molar-refractivity contribution is 5.60. The number of anilines is 1. The van der Waals surface area contributed by atoms with E-state index in [9.17, 15) is 9.18 Å². The van der Waals surface area contributed by atoms with Gasteiger partial charge in [0.1, 0.15) is 5.82 Å². The molecule has 0 N–H and O–H groups in total. The molecule has 8 nitrogen and oxygen atoms in total. The first-order valence-corrected chi connectivity index (χ1v) is 10.3. The number of rotatable bonds is 4. The van der Waals surface area contributed by atoms with E-state index in [1.54, 1.807) is 13.3 Å². The zero-order valence-corrected chi connectivity index (χ0v) is 17.7. The predicted octanol–water partition coefficient (Wildman–Crippen LogP) is 2.70. The van der Waals surface area contributed by atoms with Crippen LogP contribution in [-0.2, 0) is 24.3 Å². The molecule has 0 saturated heterocycles. The zero-order valence-electron chi connectivity index (χ0n) is 17.7. The first-order chi connectivity index (χ1) is 15.5. The summed E-state index contributed by atoms with van der Waals surface area (Å²) in [6.45, 7) is 3.53. The lowest BCUT2D eigenvalue weighted by Crippen LogP contribution is -2.33. The van der Waals surface area contributed by atoms with Crippen molar-refractivity contribution in [3.05, 3.63) is 81.4 Å². The molecular formula is C23H21FN6O2. The summed E-state index contributed by atoms with van der Waals surface area (Å²) in [6, 6.07) is 8.02. The Kier molecular flexibility index (Phi) is 5.10. The topological polar surface area (TPSA) is 85.5 Å². The van der Waals surface area contributed by atoms with Crippen molar-refractivity contribution in [2.45, 2.75) is 26.5 Å². The van der Waals surface area contributed by atoms with E-state index in [1.165, 1.54) is 28.9 Å². The van der Waals surface area contributed by atoms with E-state index >= 15 is 0 Å². The van der Waals surface area contributed by atoms with E-state index in [0.29, 0.717) is 23.6 Å². The van der Waals surface area contributed by atoms with Crippen molar-refractivity contribution in [2.75, 3.05) is 18.6 Å². The number of aromatic nitrogens is 5. The number of hydrogen-bond acceptors (Lipinski definition) is 7. The third kappa shape index (κ3) is 3.71. The molecule has 162 valence electrons. The lowest BCUT2D eigenvalue weighted by molar-refractivity contribution is 0.181. The first-order valence-electron chi connectivity index (χ1n) is 10.3. The van der Waals surface area contributed by atoms with Crippen molar-refractivity contribution in [2.24, 2.45) is 0 Å². The lowest BCUT2D eigenvalue weighted by Gasteiger charge is -2.30. The third-order valence-electron chi connectivity index (χ3n) is 5.52. The minimum absolute atomic E-state index is 0.248. The van der Waals surface area contributed by atoms with Crippen molar-refractivity contribution in [1.29, 1.82) is 0 Å². The maximum absolute atomic E-state index is 13.6. The van der Waals surface area contributed by atoms with Gasteiger partial charge in [0.25, 0.3) is 5.56 Å². The largest absolute Gasteiger partial charge is 0.378 e. The van der Waals surface area contributed by atoms with Crippen molar-refractivity contribution in [3.63, 3.8) is 0 Å². The smallest absolute Gasteiger partial charge is 0.274 e. The van der Waals surface area contributed by atoms with Crippen LogP contribution in [0.3, 0.4) is 0 Å². The van der Waals surface area contributed by atoms with Crippen LogP contribution in [0.25, 0.3) is 16.9 Å². The number of pyridine rings is 2. The molecule has 0 amide bonds. The van der Waals surface area contributed by atoms with Gasteiger partial charge in [0.05, 0.1) is 18.0 Å². The van der Waals surface area contributed by atoms with E-state index in [1.807, 2.05) is 19.1 Å². The van der Waals surface area contributed by atoms with Crippen molar-refractivity contribution in [1.82, 2.24) is 24.6 Å². The van der Waals surface area contributed by atoms with E-state index in [0.717, 1.165) is 41.2 Å². The summed E-state index contributed by atoms with van der Waals surface area (Å²) in [5.74, 6) is 0.388. The van der Waals surface area contributed by atoms with Crippen molar-refractivity contribution < 1.29 is 9.13 Å². The minimum Gasteiger partial charge on any atom is -0.378 e. The van der Waals surface area contributed by atoms with Gasteiger partial charge in [0.15, 0.2) is 11.5 Å². The highest BCUT2D eigenvalue weighted by Crippen LogP contribution is 2.27. The second kappa shape index (κ2) is 8.08. The van der Waals surface area contributed by atoms with Gasteiger partial charge in [-0.05, 0) is 36.2 Å². The molecule has 5 heterocycles. The summed E-state index contributed by atoms with van der Waals surface area (Å²) >= 11 is 0. The van der Waals surface area contributed by atoms with Gasteiger partial charge in [-0.2, -0.15) is 4.52 Å². The van der Waals surface area contributed by atoms with Crippen molar-refractivity contribution >= 4 is 11.5 Å². The number of fused-ring (bicyclic) bond motifs is 2. The summed E-state index contributed by atoms with van der Waals surface area (Å²) in [4.78, 5) is 28.0. The van der Waals surface area contributed by atoms with E-state index in [-0.39, 0.29) is 18.0 Å². The van der Waals surface area contributed by atoms with Gasteiger partial charge in [-0.15, -0.1) is 5.10 Å². The molecule has 0 radical (unpaired) electrons. The van der Waals surface area contributed by atoms with Gasteiger partial charge in [-0.1, -0.05) is 0 Å². The molecule has 0 bridgehead atoms. The summed E-state index contributed by atoms with van der Waals surface area (Å²) in [5, 5.41) is 4.61. The molecule has 4 aromatic rings. The Labute approximate surface area is 183 Å². The Bertz CT molecular complexity index is 1390. The molecule has 9 heteroatoms. The summed E-state index contributed by atoms with van der Waals surface area (Å²) in [6.07, 6.45) is 3.92. The standard InChI is InChI=1S/C23H21FN6O2/c1-14-7-21-27-18(13-32-2)10-22(31)30(21)28-23(14)29-6-4-19-16(12-29)8-15(11-26-19)20-9-17(24)3-5-25-20/h3,5,7-11H,4,6,12-13H2,1-2H3. The van der Waals surface area contributed by atoms with Crippen LogP contribution in [0.5, 0.6) is 0 Å². The van der Waals surface area contributed by atoms with Crippen LogP contribution in [0.1, 0.15) is 22.5 Å². The number of aryl methyl sites for hydroxylation is 1. The number of hydrogen-bond donors (Lipinski definition) is 0. The second-order valence-electron chi connectivity index (χ2n) is 7.80. The molecule has 0 fully saturated rings. The van der Waals surface area contributed by atoms with E-state index in [2.05, 4.69) is 25.0 Å². The SMILES string of the molecule is COCc1cc(=O)n2nc(N3CCc4ncc(-c5cc(F)ccn5)cc4C3)c(C)cc2n1. The molecule has 4 aromatic heterocycles. The Morgan fingerprint density at radius 2 is 2.06 bits per heavy atom. The van der Waals surface area contributed by atoms with Crippen molar-refractivity contribution in [3.8, 4) is 11.3 Å². The first kappa shape index (κ1) is 20.2. The molecule has 0 aromatic carbocycles. The van der Waals surface area contributed by atoms with Gasteiger partial charge < -0.3 is 9.64 Å². The van der Waals surface area contributed by atoms with Crippen LogP contribution in [-0.4, -0.2) is 38.2 Å². The molecule has 5 rings (SSSR count). The molecular weight excluding hydrogens is 411 g/mol. The quantitative estimate of drug-likeness (QED) is 0.490. The Morgan fingerprint density at radius 1 is 1.19 bits per heavy atom. The van der Waals surface area contributed by atoms with Crippen LogP contribution >= 0.6 is 0 Å². The molecule has 0 aliphatic carbocycles. The van der Waals surface area contributed by atoms with E-state index in [4.69, 9.17) is 4.74 Å². The normalized spacial score (nSPS) is 13.4. The number of nitrogens with zero attached hydrogens (tertiary/aromatic N) is 6. The fourth-order valence-corrected chi connectivity index (χ4v) is 4.01. The lowest BCUT2D eigenvalue weighted by atomic mass is 10.0. The predicted molar refractivity (Wildman–Crippen MR) is 117 cm³/mol. The van der Waals surface area contributed by atoms with Crippen LogP contribution in [0, 0.1) is 12.7 Å². The maximum atomic E-state index is 13.6. The maximum Gasteiger partial charge on any atom is 0.274 e. The monoisotopic (exact) mass is 432 g/mol. The Hall–Kier alpha value is -3.72. The number of methoxy groups -OCH3 is 1. The van der Waals surface area contributed by atoms with Gasteiger partial charge in [-0.25, -0.2) is 9.37 Å². The fraction of sp³-hybridized carbons (Fsp3) is 0.261. The summed E-state index contributed by atoms with van der Waals surface area (Å²) in [7, 11) is 1.56. The molecule has 0 saturated carbocycles. The summed E-state index contributed by atoms with van der Waals surface area (Å²) in [5.41, 5.74) is 5.08. The average molecular weight is 432 g/mol. The van der Waals surface area contributed by atoms with Crippen LogP contribution in [0.4, 0.5) is 10.2 Å². The molecule has 1 aliphatic heterocycles. The molecule has 0 spiro atoms. The average Bonchev–Trinajstić information content (AvgIpc) is 2.78. The highest BCUT2D eigenvalue weighted by Gasteiger charge is 2.22. The Balaban J connectivity index is 1.50. The van der Waals surface area contributed by atoms with Gasteiger partial charge in [0.2, 0.25) is 0 Å².